The van der Waals surface area contributed by atoms with Crippen molar-refractivity contribution in [3.8, 4) is 5.75 Å². The summed E-state index contributed by atoms with van der Waals surface area (Å²) < 4.78 is 37.7. The van der Waals surface area contributed by atoms with Crippen molar-refractivity contribution in [2.45, 2.75) is 31.3 Å². The van der Waals surface area contributed by atoms with Crippen LogP contribution in [0.4, 0.5) is 0 Å². The Bertz CT molecular complexity index is 751. The summed E-state index contributed by atoms with van der Waals surface area (Å²) in [4.78, 5) is 0.119. The number of ether oxygens (including phenoxy) is 1. The average Bonchev–Trinajstić information content (AvgIpc) is 3.03. The highest BCUT2D eigenvalue weighted by atomic mass is 32.2. The molecule has 0 aliphatic carbocycles. The van der Waals surface area contributed by atoms with Gasteiger partial charge >= 0.3 is 0 Å². The molecular weight excluding hydrogens is 318 g/mol. The zero-order valence-electron chi connectivity index (χ0n) is 13.4. The van der Waals surface area contributed by atoms with Gasteiger partial charge in [-0.2, -0.15) is 0 Å². The summed E-state index contributed by atoms with van der Waals surface area (Å²) in [6, 6.07) is 7.86. The standard InChI is InChI=1S/C16H21NO5S/c1-4-21-14-8-7-13(10-12(14)2)23(19,20)17-11-16(3,18)15-6-5-9-22-15/h5-10,17-18H,4,11H2,1-3H3. The third-order valence-electron chi connectivity index (χ3n) is 3.41. The number of hydrogen-bond acceptors (Lipinski definition) is 5. The number of aliphatic hydroxyl groups is 1. The molecule has 1 unspecified atom stereocenters. The van der Waals surface area contributed by atoms with E-state index in [9.17, 15) is 13.5 Å². The lowest BCUT2D eigenvalue weighted by atomic mass is 10.1. The Balaban J connectivity index is 2.14. The molecule has 0 radical (unpaired) electrons. The Labute approximate surface area is 136 Å². The Morgan fingerprint density at radius 3 is 2.65 bits per heavy atom. The van der Waals surface area contributed by atoms with Gasteiger partial charge in [-0.1, -0.05) is 0 Å². The molecule has 0 saturated carbocycles. The molecule has 1 aromatic carbocycles. The van der Waals surface area contributed by atoms with Gasteiger partial charge in [0.2, 0.25) is 10.0 Å². The lowest BCUT2D eigenvalue weighted by Crippen LogP contribution is -2.38. The molecule has 23 heavy (non-hydrogen) atoms. The molecule has 2 N–H and O–H groups in total. The number of hydrogen-bond donors (Lipinski definition) is 2. The van der Waals surface area contributed by atoms with Crippen LogP contribution in [0.2, 0.25) is 0 Å². The minimum absolute atomic E-state index is 0.119. The third kappa shape index (κ3) is 4.13. The van der Waals surface area contributed by atoms with E-state index in [1.54, 1.807) is 25.1 Å². The van der Waals surface area contributed by atoms with E-state index in [1.165, 1.54) is 25.3 Å². The number of sulfonamides is 1. The van der Waals surface area contributed by atoms with E-state index in [-0.39, 0.29) is 11.4 Å². The normalized spacial score (nSPS) is 14.4. The lowest BCUT2D eigenvalue weighted by Gasteiger charge is -2.21. The first-order valence-corrected chi connectivity index (χ1v) is 8.74. The second-order valence-corrected chi connectivity index (χ2v) is 7.20. The minimum Gasteiger partial charge on any atom is -0.494 e. The van der Waals surface area contributed by atoms with E-state index in [1.807, 2.05) is 6.92 Å². The Morgan fingerprint density at radius 1 is 1.35 bits per heavy atom. The van der Waals surface area contributed by atoms with Crippen LogP contribution in [-0.2, 0) is 15.6 Å². The van der Waals surface area contributed by atoms with Crippen LogP contribution in [0.1, 0.15) is 25.2 Å². The van der Waals surface area contributed by atoms with E-state index in [4.69, 9.17) is 9.15 Å². The summed E-state index contributed by atoms with van der Waals surface area (Å²) in [7, 11) is -3.75. The van der Waals surface area contributed by atoms with Gasteiger partial charge in [-0.25, -0.2) is 13.1 Å². The number of benzene rings is 1. The molecule has 0 amide bonds. The largest absolute Gasteiger partial charge is 0.494 e. The molecule has 0 aliphatic heterocycles. The fraction of sp³-hybridized carbons (Fsp3) is 0.375. The maximum Gasteiger partial charge on any atom is 0.240 e. The molecule has 6 nitrogen and oxygen atoms in total. The van der Waals surface area contributed by atoms with Crippen LogP contribution in [0.3, 0.4) is 0 Å². The Hall–Kier alpha value is -1.83. The van der Waals surface area contributed by atoms with Gasteiger partial charge in [-0.3, -0.25) is 0 Å². The highest BCUT2D eigenvalue weighted by Crippen LogP contribution is 2.23. The second-order valence-electron chi connectivity index (χ2n) is 5.44. The SMILES string of the molecule is CCOc1ccc(S(=O)(=O)NCC(C)(O)c2ccco2)cc1C. The first kappa shape index (κ1) is 17.5. The third-order valence-corrected chi connectivity index (χ3v) is 4.81. The van der Waals surface area contributed by atoms with Crippen LogP contribution in [0.5, 0.6) is 5.75 Å². The number of aryl methyl sites for hydroxylation is 1. The highest BCUT2D eigenvalue weighted by molar-refractivity contribution is 7.89. The second kappa shape index (κ2) is 6.74. The molecule has 7 heteroatoms. The first-order valence-electron chi connectivity index (χ1n) is 7.26. The van der Waals surface area contributed by atoms with Crippen LogP contribution in [0, 0.1) is 6.92 Å². The van der Waals surface area contributed by atoms with Gasteiger partial charge < -0.3 is 14.3 Å². The van der Waals surface area contributed by atoms with Crippen LogP contribution in [0.15, 0.2) is 45.9 Å². The highest BCUT2D eigenvalue weighted by Gasteiger charge is 2.28. The predicted molar refractivity (Wildman–Crippen MR) is 85.8 cm³/mol. The van der Waals surface area contributed by atoms with E-state index in [2.05, 4.69) is 4.72 Å². The van der Waals surface area contributed by atoms with Crippen molar-refractivity contribution in [2.24, 2.45) is 0 Å². The van der Waals surface area contributed by atoms with Crippen molar-refractivity contribution in [1.29, 1.82) is 0 Å². The maximum atomic E-state index is 12.4. The lowest BCUT2D eigenvalue weighted by molar-refractivity contribution is 0.0395. The van der Waals surface area contributed by atoms with Gasteiger partial charge in [-0.15, -0.1) is 0 Å². The van der Waals surface area contributed by atoms with Gasteiger partial charge in [-0.05, 0) is 56.7 Å². The van der Waals surface area contributed by atoms with Crippen molar-refractivity contribution >= 4 is 10.0 Å². The van der Waals surface area contributed by atoms with Crippen molar-refractivity contribution < 1.29 is 22.7 Å². The van der Waals surface area contributed by atoms with E-state index >= 15 is 0 Å². The van der Waals surface area contributed by atoms with Crippen molar-refractivity contribution in [3.63, 3.8) is 0 Å². The van der Waals surface area contributed by atoms with Gasteiger partial charge in [0.1, 0.15) is 17.1 Å². The molecule has 2 aromatic rings. The van der Waals surface area contributed by atoms with Gasteiger partial charge in [0.25, 0.3) is 0 Å². The van der Waals surface area contributed by atoms with Crippen molar-refractivity contribution in [1.82, 2.24) is 4.72 Å². The minimum atomic E-state index is -3.75. The van der Waals surface area contributed by atoms with Crippen molar-refractivity contribution in [2.75, 3.05) is 13.2 Å². The molecular formula is C16H21NO5S. The summed E-state index contributed by atoms with van der Waals surface area (Å²) in [5, 5.41) is 10.3. The molecule has 126 valence electrons. The van der Waals surface area contributed by atoms with Crippen molar-refractivity contribution in [3.05, 3.63) is 47.9 Å². The first-order chi connectivity index (χ1) is 10.8. The summed E-state index contributed by atoms with van der Waals surface area (Å²) in [6.07, 6.45) is 1.42. The summed E-state index contributed by atoms with van der Waals surface area (Å²) in [6.45, 7) is 5.44. The summed E-state index contributed by atoms with van der Waals surface area (Å²) in [5.41, 5.74) is -0.704. The fourth-order valence-corrected chi connectivity index (χ4v) is 3.31. The quantitative estimate of drug-likeness (QED) is 0.807. The van der Waals surface area contributed by atoms with E-state index in [0.29, 0.717) is 18.1 Å². The average molecular weight is 339 g/mol. The topological polar surface area (TPSA) is 88.8 Å². The van der Waals surface area contributed by atoms with Gasteiger partial charge in [0, 0.05) is 6.54 Å². The van der Waals surface area contributed by atoms with Crippen LogP contribution >= 0.6 is 0 Å². The zero-order valence-corrected chi connectivity index (χ0v) is 14.2. The molecule has 1 aromatic heterocycles. The predicted octanol–water partition coefficient (Wildman–Crippen LogP) is 2.17. The van der Waals surface area contributed by atoms with Crippen LogP contribution in [0.25, 0.3) is 0 Å². The maximum absolute atomic E-state index is 12.4. The molecule has 1 heterocycles. The molecule has 2 rings (SSSR count). The molecule has 0 bridgehead atoms. The Morgan fingerprint density at radius 2 is 2.09 bits per heavy atom. The van der Waals surface area contributed by atoms with Crippen LogP contribution < -0.4 is 9.46 Å². The Kier molecular flexibility index (Phi) is 5.13. The molecule has 0 spiro atoms. The zero-order chi connectivity index (χ0) is 17.1. The number of nitrogens with one attached hydrogen (secondary N) is 1. The molecule has 0 saturated heterocycles. The summed E-state index contributed by atoms with van der Waals surface area (Å²) >= 11 is 0. The van der Waals surface area contributed by atoms with Crippen LogP contribution in [-0.4, -0.2) is 26.7 Å². The number of rotatable bonds is 7. The van der Waals surface area contributed by atoms with E-state index in [0.717, 1.165) is 5.56 Å². The summed E-state index contributed by atoms with van der Waals surface area (Å²) in [5.74, 6) is 0.942. The van der Waals surface area contributed by atoms with Gasteiger partial charge in [0.15, 0.2) is 0 Å². The number of furan rings is 1. The van der Waals surface area contributed by atoms with E-state index < -0.39 is 15.6 Å². The molecule has 0 aliphatic rings. The van der Waals surface area contributed by atoms with Gasteiger partial charge in [0.05, 0.1) is 17.8 Å². The molecule has 0 fully saturated rings. The monoisotopic (exact) mass is 339 g/mol. The molecule has 1 atom stereocenters. The fourth-order valence-electron chi connectivity index (χ4n) is 2.10. The smallest absolute Gasteiger partial charge is 0.240 e.